The third kappa shape index (κ3) is 11.2. The van der Waals surface area contributed by atoms with Crippen molar-refractivity contribution in [2.45, 2.75) is 134 Å². The van der Waals surface area contributed by atoms with Gasteiger partial charge in [-0.2, -0.15) is 0 Å². The second-order valence-electron chi connectivity index (χ2n) is 10.9. The van der Waals surface area contributed by atoms with E-state index in [-0.39, 0.29) is 43.0 Å². The van der Waals surface area contributed by atoms with E-state index in [2.05, 4.69) is 25.2 Å². The van der Waals surface area contributed by atoms with Crippen molar-refractivity contribution < 1.29 is 34.0 Å². The molecule has 3 fully saturated rings. The second-order valence-corrected chi connectivity index (χ2v) is 10.9. The first-order valence-electron chi connectivity index (χ1n) is 14.8. The number of ether oxygens (including phenoxy) is 4. The zero-order valence-corrected chi connectivity index (χ0v) is 22.8. The van der Waals surface area contributed by atoms with Crippen molar-refractivity contribution in [3.8, 4) is 0 Å². The van der Waals surface area contributed by atoms with Gasteiger partial charge in [-0.25, -0.2) is 0 Å². The van der Waals surface area contributed by atoms with Crippen molar-refractivity contribution in [2.24, 2.45) is 11.8 Å². The van der Waals surface area contributed by atoms with Crippen molar-refractivity contribution in [1.82, 2.24) is 0 Å². The van der Waals surface area contributed by atoms with Gasteiger partial charge in [0.1, 0.15) is 0 Å². The van der Waals surface area contributed by atoms with Crippen LogP contribution in [0.1, 0.15) is 103 Å². The van der Waals surface area contributed by atoms with E-state index in [9.17, 15) is 9.90 Å². The maximum Gasteiger partial charge on any atom is 0.303 e. The topological polar surface area (TPSA) is 94.5 Å². The third-order valence-electron chi connectivity index (χ3n) is 7.80. The van der Waals surface area contributed by atoms with Crippen LogP contribution in [0.2, 0.25) is 0 Å². The molecule has 1 saturated carbocycles. The first-order valence-corrected chi connectivity index (χ1v) is 14.8. The van der Waals surface area contributed by atoms with Gasteiger partial charge in [0.15, 0.2) is 12.6 Å². The number of carbonyl (C=O) groups is 1. The zero-order chi connectivity index (χ0) is 26.3. The molecule has 7 heteroatoms. The van der Waals surface area contributed by atoms with Crippen LogP contribution in [0, 0.1) is 11.8 Å². The van der Waals surface area contributed by atoms with Crippen LogP contribution in [0.25, 0.3) is 0 Å². The summed E-state index contributed by atoms with van der Waals surface area (Å²) in [5.74, 6) is -0.652. The average molecular weight is 523 g/mol. The molecule has 7 nitrogen and oxygen atoms in total. The highest BCUT2D eigenvalue weighted by atomic mass is 16.7. The number of carboxylic acid groups (broad SMARTS) is 1. The van der Waals surface area contributed by atoms with Gasteiger partial charge in [-0.1, -0.05) is 50.5 Å². The van der Waals surface area contributed by atoms with E-state index in [4.69, 9.17) is 24.1 Å². The number of hydrogen-bond donors (Lipinski definition) is 2. The molecule has 3 rings (SSSR count). The molecule has 0 aromatic carbocycles. The van der Waals surface area contributed by atoms with E-state index in [1.807, 2.05) is 6.08 Å². The highest BCUT2D eigenvalue weighted by molar-refractivity contribution is 5.66. The molecule has 0 spiro atoms. The Labute approximate surface area is 223 Å². The van der Waals surface area contributed by atoms with Crippen molar-refractivity contribution >= 4 is 5.97 Å². The number of allylic oxidation sites excluding steroid dienone is 2. The Morgan fingerprint density at radius 1 is 1.03 bits per heavy atom. The molecule has 0 aromatic heterocycles. The van der Waals surface area contributed by atoms with Gasteiger partial charge in [-0.15, -0.1) is 0 Å². The fraction of sp³-hybridized carbons (Fsp3) is 0.833. The highest BCUT2D eigenvalue weighted by Crippen LogP contribution is 2.39. The first-order chi connectivity index (χ1) is 18.1. The number of hydrogen-bond acceptors (Lipinski definition) is 6. The van der Waals surface area contributed by atoms with E-state index in [1.54, 1.807) is 0 Å². The van der Waals surface area contributed by atoms with Gasteiger partial charge in [-0.05, 0) is 70.1 Å². The fourth-order valence-corrected chi connectivity index (χ4v) is 5.66. The quantitative estimate of drug-likeness (QED) is 0.186. The molecular weight excluding hydrogens is 472 g/mol. The molecule has 7 atom stereocenters. The Morgan fingerprint density at radius 3 is 2.46 bits per heavy atom. The lowest BCUT2D eigenvalue weighted by molar-refractivity contribution is -0.193. The summed E-state index contributed by atoms with van der Waals surface area (Å²) in [4.78, 5) is 10.8. The summed E-state index contributed by atoms with van der Waals surface area (Å²) in [7, 11) is 0. The van der Waals surface area contributed by atoms with Crippen molar-refractivity contribution in [1.29, 1.82) is 0 Å². The summed E-state index contributed by atoms with van der Waals surface area (Å²) in [6.45, 7) is 3.71. The maximum absolute atomic E-state index is 11.0. The van der Waals surface area contributed by atoms with E-state index in [1.165, 1.54) is 12.8 Å². The predicted molar refractivity (Wildman–Crippen MR) is 143 cm³/mol. The molecule has 1 aliphatic carbocycles. The molecule has 2 aliphatic heterocycles. The summed E-state index contributed by atoms with van der Waals surface area (Å²) in [6.07, 6.45) is 21.3. The lowest BCUT2D eigenvalue weighted by Crippen LogP contribution is -2.31. The van der Waals surface area contributed by atoms with Gasteiger partial charge >= 0.3 is 5.97 Å². The molecule has 2 N–H and O–H groups in total. The summed E-state index contributed by atoms with van der Waals surface area (Å²) in [6, 6.07) is 0. The van der Waals surface area contributed by atoms with Crippen LogP contribution >= 0.6 is 0 Å². The smallest absolute Gasteiger partial charge is 0.303 e. The molecule has 37 heavy (non-hydrogen) atoms. The second kappa shape index (κ2) is 17.4. The van der Waals surface area contributed by atoms with Crippen LogP contribution in [0.15, 0.2) is 24.3 Å². The van der Waals surface area contributed by atoms with Crippen LogP contribution in [-0.2, 0) is 23.7 Å². The van der Waals surface area contributed by atoms with Gasteiger partial charge in [0.05, 0.1) is 18.3 Å². The SMILES string of the molecule is CCCCC[C@@H](C=C[C@@H]1[C@@H](CC=CCCCC(=O)O)[C@@H](O)C[C@H]1OC1CCCCO1)OC1CCCCO1. The minimum Gasteiger partial charge on any atom is -0.481 e. The molecule has 2 heterocycles. The van der Waals surface area contributed by atoms with E-state index >= 15 is 0 Å². The number of carboxylic acids is 1. The third-order valence-corrected chi connectivity index (χ3v) is 7.80. The molecule has 0 amide bonds. The molecule has 212 valence electrons. The lowest BCUT2D eigenvalue weighted by Gasteiger charge is -2.30. The molecule has 2 saturated heterocycles. The first kappa shape index (κ1) is 30.3. The Morgan fingerprint density at radius 2 is 1.78 bits per heavy atom. The van der Waals surface area contributed by atoms with Gasteiger partial charge in [0.2, 0.25) is 0 Å². The summed E-state index contributed by atoms with van der Waals surface area (Å²) in [5.41, 5.74) is 0. The van der Waals surface area contributed by atoms with Gasteiger partial charge in [0.25, 0.3) is 0 Å². The van der Waals surface area contributed by atoms with Crippen LogP contribution in [0.3, 0.4) is 0 Å². The van der Waals surface area contributed by atoms with Crippen LogP contribution in [0.5, 0.6) is 0 Å². The Kier molecular flexibility index (Phi) is 14.2. The minimum absolute atomic E-state index is 0.00816. The van der Waals surface area contributed by atoms with E-state index < -0.39 is 12.1 Å². The summed E-state index contributed by atoms with van der Waals surface area (Å²) >= 11 is 0. The van der Waals surface area contributed by atoms with Gasteiger partial charge in [0, 0.05) is 32.0 Å². The monoisotopic (exact) mass is 522 g/mol. The molecular formula is C30H50O7. The average Bonchev–Trinajstić information content (AvgIpc) is 3.19. The van der Waals surface area contributed by atoms with Crippen molar-refractivity contribution in [2.75, 3.05) is 13.2 Å². The minimum atomic E-state index is -0.760. The summed E-state index contributed by atoms with van der Waals surface area (Å²) in [5, 5.41) is 19.9. The standard InChI is InChI=1S/C30H50O7/c1-2-3-6-13-23(36-29-16-9-11-20-34-29)18-19-25-24(14-7-4-5-8-15-28(32)33)26(31)22-27(25)37-30-17-10-12-21-35-30/h4,7,18-19,23-27,29-31H,2-3,5-6,8-17,20-22H2,1H3,(H,32,33)/t23-,24+,25+,26-,27+,29?,30?/m0/s1. The molecule has 0 radical (unpaired) electrons. The lowest BCUT2D eigenvalue weighted by atomic mass is 9.89. The number of aliphatic hydroxyl groups is 1. The van der Waals surface area contributed by atoms with Crippen LogP contribution in [-0.4, -0.2) is 60.3 Å². The Balaban J connectivity index is 1.66. The van der Waals surface area contributed by atoms with Crippen molar-refractivity contribution in [3.63, 3.8) is 0 Å². The van der Waals surface area contributed by atoms with Gasteiger partial charge < -0.3 is 29.2 Å². The van der Waals surface area contributed by atoms with Crippen LogP contribution in [0.4, 0.5) is 0 Å². The Bertz CT molecular complexity index is 681. The number of rotatable bonds is 16. The fourth-order valence-electron chi connectivity index (χ4n) is 5.66. The Hall–Kier alpha value is -1.25. The molecule has 2 unspecified atom stereocenters. The molecule has 3 aliphatic rings. The number of aliphatic carboxylic acids is 1. The molecule has 0 aromatic rings. The normalized spacial score (nSPS) is 31.8. The zero-order valence-electron chi connectivity index (χ0n) is 22.8. The van der Waals surface area contributed by atoms with Crippen LogP contribution < -0.4 is 0 Å². The molecule has 0 bridgehead atoms. The van der Waals surface area contributed by atoms with E-state index in [0.717, 1.165) is 77.4 Å². The van der Waals surface area contributed by atoms with E-state index in [0.29, 0.717) is 12.8 Å². The van der Waals surface area contributed by atoms with Gasteiger partial charge in [-0.3, -0.25) is 4.79 Å². The number of aliphatic hydroxyl groups excluding tert-OH is 1. The maximum atomic E-state index is 11.0. The highest BCUT2D eigenvalue weighted by Gasteiger charge is 2.42. The van der Waals surface area contributed by atoms with Crippen molar-refractivity contribution in [3.05, 3.63) is 24.3 Å². The number of unbranched alkanes of at least 4 members (excludes halogenated alkanes) is 3. The predicted octanol–water partition coefficient (Wildman–Crippen LogP) is 6.14. The summed E-state index contributed by atoms with van der Waals surface area (Å²) < 4.78 is 24.5. The largest absolute Gasteiger partial charge is 0.481 e.